The molecule has 5 nitrogen and oxygen atoms in total. The van der Waals surface area contributed by atoms with Crippen molar-refractivity contribution in [3.8, 4) is 5.75 Å². The van der Waals surface area contributed by atoms with Crippen molar-refractivity contribution in [3.05, 3.63) is 59.7 Å². The van der Waals surface area contributed by atoms with Gasteiger partial charge in [0.05, 0.1) is 11.3 Å². The van der Waals surface area contributed by atoms with Crippen LogP contribution in [-0.2, 0) is 4.79 Å². The number of rotatable bonds is 9. The first kappa shape index (κ1) is 21.5. The van der Waals surface area contributed by atoms with Gasteiger partial charge in [-0.25, -0.2) is 0 Å². The fraction of sp³-hybridized carbons (Fsp3) is 0.391. The number of para-hydroxylation sites is 1. The molecule has 1 atom stereocenters. The van der Waals surface area contributed by atoms with Crippen LogP contribution in [0.15, 0.2) is 48.5 Å². The molecule has 2 N–H and O–H groups in total. The summed E-state index contributed by atoms with van der Waals surface area (Å²) in [7, 11) is 0. The number of nitrogens with one attached hydrogen (secondary N) is 2. The van der Waals surface area contributed by atoms with Crippen molar-refractivity contribution >= 4 is 17.5 Å². The van der Waals surface area contributed by atoms with E-state index in [1.807, 2.05) is 24.3 Å². The molecule has 0 fully saturated rings. The van der Waals surface area contributed by atoms with Gasteiger partial charge in [0, 0.05) is 6.54 Å². The predicted molar refractivity (Wildman–Crippen MR) is 113 cm³/mol. The molecule has 0 saturated heterocycles. The van der Waals surface area contributed by atoms with E-state index in [1.54, 1.807) is 31.2 Å². The van der Waals surface area contributed by atoms with Crippen LogP contribution in [0.1, 0.15) is 62.4 Å². The van der Waals surface area contributed by atoms with E-state index < -0.39 is 6.10 Å². The zero-order valence-corrected chi connectivity index (χ0v) is 17.1. The molecule has 0 aliphatic carbocycles. The summed E-state index contributed by atoms with van der Waals surface area (Å²) in [5.41, 5.74) is 2.14. The zero-order valence-electron chi connectivity index (χ0n) is 17.1. The molecule has 28 heavy (non-hydrogen) atoms. The maximum absolute atomic E-state index is 12.6. The summed E-state index contributed by atoms with van der Waals surface area (Å²) in [4.78, 5) is 24.9. The van der Waals surface area contributed by atoms with Crippen LogP contribution in [0.5, 0.6) is 5.75 Å². The topological polar surface area (TPSA) is 67.4 Å². The molecule has 0 spiro atoms. The lowest BCUT2D eigenvalue weighted by molar-refractivity contribution is -0.122. The lowest BCUT2D eigenvalue weighted by Gasteiger charge is -2.17. The highest BCUT2D eigenvalue weighted by molar-refractivity contribution is 6.04. The number of amides is 2. The van der Waals surface area contributed by atoms with Crippen LogP contribution in [0.4, 0.5) is 5.69 Å². The summed E-state index contributed by atoms with van der Waals surface area (Å²) in [5, 5.41) is 5.68. The van der Waals surface area contributed by atoms with E-state index in [2.05, 4.69) is 31.4 Å². The maximum atomic E-state index is 12.6. The third-order valence-corrected chi connectivity index (χ3v) is 4.47. The van der Waals surface area contributed by atoms with Crippen LogP contribution in [-0.4, -0.2) is 24.5 Å². The van der Waals surface area contributed by atoms with Gasteiger partial charge in [-0.1, -0.05) is 51.5 Å². The Morgan fingerprint density at radius 2 is 1.68 bits per heavy atom. The largest absolute Gasteiger partial charge is 0.481 e. The van der Waals surface area contributed by atoms with Crippen molar-refractivity contribution in [1.82, 2.24) is 5.32 Å². The van der Waals surface area contributed by atoms with Crippen molar-refractivity contribution in [1.29, 1.82) is 0 Å². The predicted octanol–water partition coefficient (Wildman–Crippen LogP) is 4.75. The molecule has 0 aliphatic heterocycles. The molecular formula is C23H30N2O3. The average Bonchev–Trinajstić information content (AvgIpc) is 2.68. The van der Waals surface area contributed by atoms with Crippen LogP contribution in [0.3, 0.4) is 0 Å². The number of carbonyl (C=O) groups excluding carboxylic acids is 2. The maximum Gasteiger partial charge on any atom is 0.265 e. The van der Waals surface area contributed by atoms with Crippen molar-refractivity contribution < 1.29 is 14.3 Å². The molecule has 1 unspecified atom stereocenters. The van der Waals surface area contributed by atoms with E-state index in [4.69, 9.17) is 4.74 Å². The summed E-state index contributed by atoms with van der Waals surface area (Å²) in [6, 6.07) is 14.7. The Kier molecular flexibility index (Phi) is 8.05. The normalized spacial score (nSPS) is 11.8. The SMILES string of the molecule is CCCCNC(=O)c1ccccc1NC(=O)C(C)Oc1ccc(C(C)C)cc1. The van der Waals surface area contributed by atoms with Gasteiger partial charge >= 0.3 is 0 Å². The summed E-state index contributed by atoms with van der Waals surface area (Å²) in [6.45, 7) is 8.63. The molecule has 0 aromatic heterocycles. The monoisotopic (exact) mass is 382 g/mol. The van der Waals surface area contributed by atoms with E-state index >= 15 is 0 Å². The summed E-state index contributed by atoms with van der Waals surface area (Å²) < 4.78 is 5.75. The Balaban J connectivity index is 2.00. The number of benzene rings is 2. The van der Waals surface area contributed by atoms with Gasteiger partial charge in [0.25, 0.3) is 11.8 Å². The second-order valence-electron chi connectivity index (χ2n) is 7.13. The van der Waals surface area contributed by atoms with Gasteiger partial charge in [-0.3, -0.25) is 9.59 Å². The van der Waals surface area contributed by atoms with Gasteiger partial charge in [-0.2, -0.15) is 0 Å². The number of hydrogen-bond donors (Lipinski definition) is 2. The van der Waals surface area contributed by atoms with Gasteiger partial charge in [-0.05, 0) is 49.1 Å². The van der Waals surface area contributed by atoms with Gasteiger partial charge in [0.1, 0.15) is 5.75 Å². The van der Waals surface area contributed by atoms with Crippen molar-refractivity contribution in [3.63, 3.8) is 0 Å². The Labute approximate surface area is 167 Å². The van der Waals surface area contributed by atoms with Crippen molar-refractivity contribution in [2.24, 2.45) is 0 Å². The smallest absolute Gasteiger partial charge is 0.265 e. The standard InChI is InChI=1S/C23H30N2O3/c1-5-6-15-24-23(27)20-9-7-8-10-21(20)25-22(26)17(4)28-19-13-11-18(12-14-19)16(2)3/h7-14,16-17H,5-6,15H2,1-4H3,(H,24,27)(H,25,26). The minimum absolute atomic E-state index is 0.192. The van der Waals surface area contributed by atoms with Gasteiger partial charge in [0.2, 0.25) is 0 Å². The first-order valence-electron chi connectivity index (χ1n) is 9.87. The number of hydrogen-bond acceptors (Lipinski definition) is 3. The molecule has 0 aliphatic rings. The number of anilines is 1. The second kappa shape index (κ2) is 10.5. The third kappa shape index (κ3) is 6.12. The zero-order chi connectivity index (χ0) is 20.5. The third-order valence-electron chi connectivity index (χ3n) is 4.47. The first-order valence-corrected chi connectivity index (χ1v) is 9.87. The molecule has 2 aromatic carbocycles. The fourth-order valence-electron chi connectivity index (χ4n) is 2.69. The number of unbranched alkanes of at least 4 members (excludes halogenated alkanes) is 1. The molecule has 2 aromatic rings. The highest BCUT2D eigenvalue weighted by Crippen LogP contribution is 2.20. The molecular weight excluding hydrogens is 352 g/mol. The first-order chi connectivity index (χ1) is 13.4. The Hall–Kier alpha value is -2.82. The molecule has 0 heterocycles. The minimum atomic E-state index is -0.693. The van der Waals surface area contributed by atoms with Gasteiger partial charge < -0.3 is 15.4 Å². The van der Waals surface area contributed by atoms with Crippen LogP contribution in [0.2, 0.25) is 0 Å². The van der Waals surface area contributed by atoms with E-state index in [0.29, 0.717) is 29.5 Å². The summed E-state index contributed by atoms with van der Waals surface area (Å²) >= 11 is 0. The van der Waals surface area contributed by atoms with Gasteiger partial charge in [-0.15, -0.1) is 0 Å². The lowest BCUT2D eigenvalue weighted by atomic mass is 10.0. The molecule has 0 saturated carbocycles. The Morgan fingerprint density at radius 1 is 1.00 bits per heavy atom. The molecule has 2 amide bonds. The van der Waals surface area contributed by atoms with Crippen LogP contribution < -0.4 is 15.4 Å². The van der Waals surface area contributed by atoms with E-state index in [0.717, 1.165) is 12.8 Å². The van der Waals surface area contributed by atoms with E-state index in [9.17, 15) is 9.59 Å². The Morgan fingerprint density at radius 3 is 2.32 bits per heavy atom. The summed E-state index contributed by atoms with van der Waals surface area (Å²) in [6.07, 6.45) is 1.23. The highest BCUT2D eigenvalue weighted by atomic mass is 16.5. The van der Waals surface area contributed by atoms with E-state index in [-0.39, 0.29) is 11.8 Å². The Bertz CT molecular complexity index is 785. The lowest BCUT2D eigenvalue weighted by Crippen LogP contribution is -2.32. The van der Waals surface area contributed by atoms with Crippen LogP contribution >= 0.6 is 0 Å². The summed E-state index contributed by atoms with van der Waals surface area (Å²) in [5.74, 6) is 0.580. The van der Waals surface area contributed by atoms with Crippen LogP contribution in [0.25, 0.3) is 0 Å². The molecule has 150 valence electrons. The van der Waals surface area contributed by atoms with Crippen molar-refractivity contribution in [2.75, 3.05) is 11.9 Å². The van der Waals surface area contributed by atoms with Crippen molar-refractivity contribution in [2.45, 2.75) is 52.6 Å². The average molecular weight is 383 g/mol. The second-order valence-corrected chi connectivity index (χ2v) is 7.13. The molecule has 2 rings (SSSR count). The molecule has 0 radical (unpaired) electrons. The number of ether oxygens (including phenoxy) is 1. The number of carbonyl (C=O) groups is 2. The quantitative estimate of drug-likeness (QED) is 0.615. The van der Waals surface area contributed by atoms with E-state index in [1.165, 1.54) is 5.56 Å². The molecule has 0 bridgehead atoms. The highest BCUT2D eigenvalue weighted by Gasteiger charge is 2.18. The van der Waals surface area contributed by atoms with Gasteiger partial charge in [0.15, 0.2) is 6.10 Å². The minimum Gasteiger partial charge on any atom is -0.481 e. The molecule has 5 heteroatoms. The fourth-order valence-corrected chi connectivity index (χ4v) is 2.69. The van der Waals surface area contributed by atoms with Crippen LogP contribution in [0, 0.1) is 0 Å².